The van der Waals surface area contributed by atoms with E-state index in [0.29, 0.717) is 12.6 Å². The second-order valence-corrected chi connectivity index (χ2v) is 6.32. The van der Waals surface area contributed by atoms with Gasteiger partial charge in [-0.05, 0) is 46.1 Å². The molecule has 1 aliphatic rings. The molecule has 5 heteroatoms. The normalized spacial score (nSPS) is 19.0. The first-order valence-corrected chi connectivity index (χ1v) is 8.63. The van der Waals surface area contributed by atoms with Gasteiger partial charge in [0.15, 0.2) is 0 Å². The maximum absolute atomic E-state index is 9.14. The highest BCUT2D eigenvalue weighted by atomic mass is 16.5. The quantitative estimate of drug-likeness (QED) is 0.800. The van der Waals surface area contributed by atoms with Gasteiger partial charge >= 0.3 is 0 Å². The van der Waals surface area contributed by atoms with Crippen LogP contribution in [0.4, 0.5) is 0 Å². The van der Waals surface area contributed by atoms with Gasteiger partial charge in [-0.1, -0.05) is 6.92 Å². The standard InChI is InChI=1S/C17H31N3O2/c1-4-8-19(12-16-7-5-6-11-22-16)13-17-14(2)18-20(9-10-21)15(17)3/h16,21H,4-13H2,1-3H3. The lowest BCUT2D eigenvalue weighted by Gasteiger charge is -2.29. The van der Waals surface area contributed by atoms with Gasteiger partial charge in [0.1, 0.15) is 0 Å². The fourth-order valence-electron chi connectivity index (χ4n) is 3.29. The summed E-state index contributed by atoms with van der Waals surface area (Å²) >= 11 is 0. The number of rotatable bonds is 8. The Balaban J connectivity index is 2.03. The first-order chi connectivity index (χ1) is 10.7. The molecule has 1 N–H and O–H groups in total. The highest BCUT2D eigenvalue weighted by molar-refractivity contribution is 5.24. The van der Waals surface area contributed by atoms with Crippen LogP contribution in [0.3, 0.4) is 0 Å². The molecule has 2 rings (SSSR count). The first-order valence-electron chi connectivity index (χ1n) is 8.63. The lowest BCUT2D eigenvalue weighted by atomic mass is 10.1. The largest absolute Gasteiger partial charge is 0.394 e. The molecular formula is C17H31N3O2. The second kappa shape index (κ2) is 8.65. The number of hydrogen-bond donors (Lipinski definition) is 1. The molecule has 1 aromatic heterocycles. The van der Waals surface area contributed by atoms with Crippen molar-refractivity contribution in [2.24, 2.45) is 0 Å². The average Bonchev–Trinajstić information content (AvgIpc) is 2.77. The summed E-state index contributed by atoms with van der Waals surface area (Å²) < 4.78 is 7.82. The molecule has 2 heterocycles. The molecule has 1 atom stereocenters. The highest BCUT2D eigenvalue weighted by Crippen LogP contribution is 2.19. The van der Waals surface area contributed by atoms with Crippen molar-refractivity contribution in [3.63, 3.8) is 0 Å². The molecule has 1 fully saturated rings. The molecule has 0 saturated carbocycles. The van der Waals surface area contributed by atoms with Gasteiger partial charge in [-0.3, -0.25) is 9.58 Å². The van der Waals surface area contributed by atoms with E-state index in [2.05, 4.69) is 30.8 Å². The minimum atomic E-state index is 0.135. The predicted molar refractivity (Wildman–Crippen MR) is 87.9 cm³/mol. The molecule has 0 bridgehead atoms. The average molecular weight is 309 g/mol. The van der Waals surface area contributed by atoms with E-state index >= 15 is 0 Å². The third-order valence-corrected chi connectivity index (χ3v) is 4.50. The molecular weight excluding hydrogens is 278 g/mol. The molecule has 0 spiro atoms. The third kappa shape index (κ3) is 4.54. The highest BCUT2D eigenvalue weighted by Gasteiger charge is 2.20. The molecule has 1 saturated heterocycles. The van der Waals surface area contributed by atoms with Crippen molar-refractivity contribution in [3.8, 4) is 0 Å². The van der Waals surface area contributed by atoms with Gasteiger partial charge in [-0.2, -0.15) is 5.10 Å². The minimum absolute atomic E-state index is 0.135. The van der Waals surface area contributed by atoms with Gasteiger partial charge in [0, 0.05) is 31.0 Å². The van der Waals surface area contributed by atoms with Crippen LogP contribution in [0.25, 0.3) is 0 Å². The van der Waals surface area contributed by atoms with Gasteiger partial charge in [0.05, 0.1) is 24.9 Å². The molecule has 0 radical (unpaired) electrons. The van der Waals surface area contributed by atoms with Gasteiger partial charge in [0.2, 0.25) is 0 Å². The lowest BCUT2D eigenvalue weighted by Crippen LogP contribution is -2.36. The van der Waals surface area contributed by atoms with Gasteiger partial charge in [-0.15, -0.1) is 0 Å². The zero-order valence-electron chi connectivity index (χ0n) is 14.3. The number of nitrogens with zero attached hydrogens (tertiary/aromatic N) is 3. The zero-order chi connectivity index (χ0) is 15.9. The van der Waals surface area contributed by atoms with Crippen LogP contribution in [0.15, 0.2) is 0 Å². The molecule has 5 nitrogen and oxygen atoms in total. The fourth-order valence-corrected chi connectivity index (χ4v) is 3.29. The molecule has 1 unspecified atom stereocenters. The van der Waals surface area contributed by atoms with E-state index in [9.17, 15) is 0 Å². The van der Waals surface area contributed by atoms with Crippen LogP contribution < -0.4 is 0 Å². The molecule has 0 amide bonds. The summed E-state index contributed by atoms with van der Waals surface area (Å²) in [6, 6.07) is 0. The Bertz CT molecular complexity index is 453. The Morgan fingerprint density at radius 1 is 1.36 bits per heavy atom. The van der Waals surface area contributed by atoms with Crippen molar-refractivity contribution < 1.29 is 9.84 Å². The zero-order valence-corrected chi connectivity index (χ0v) is 14.3. The summed E-state index contributed by atoms with van der Waals surface area (Å²) in [6.45, 7) is 11.0. The van der Waals surface area contributed by atoms with Crippen LogP contribution in [0.1, 0.15) is 49.6 Å². The number of aliphatic hydroxyl groups excluding tert-OH is 1. The SMILES string of the molecule is CCCN(Cc1c(C)nn(CCO)c1C)CC1CCCCO1. The summed E-state index contributed by atoms with van der Waals surface area (Å²) in [5, 5.41) is 13.7. The number of aryl methyl sites for hydroxylation is 1. The predicted octanol–water partition coefficient (Wildman–Crippen LogP) is 2.27. The summed E-state index contributed by atoms with van der Waals surface area (Å²) in [5.41, 5.74) is 3.56. The van der Waals surface area contributed by atoms with E-state index < -0.39 is 0 Å². The number of ether oxygens (including phenoxy) is 1. The lowest BCUT2D eigenvalue weighted by molar-refractivity contribution is -0.00719. The first kappa shape index (κ1) is 17.4. The van der Waals surface area contributed by atoms with Crippen LogP contribution in [0.2, 0.25) is 0 Å². The van der Waals surface area contributed by atoms with E-state index in [-0.39, 0.29) is 6.61 Å². The third-order valence-electron chi connectivity index (χ3n) is 4.50. The van der Waals surface area contributed by atoms with Gasteiger partial charge < -0.3 is 9.84 Å². The van der Waals surface area contributed by atoms with E-state index in [1.165, 1.54) is 30.5 Å². The van der Waals surface area contributed by atoms with Crippen LogP contribution >= 0.6 is 0 Å². The van der Waals surface area contributed by atoms with E-state index in [4.69, 9.17) is 9.84 Å². The Hall–Kier alpha value is -0.910. The van der Waals surface area contributed by atoms with Gasteiger partial charge in [-0.25, -0.2) is 0 Å². The van der Waals surface area contributed by atoms with Crippen molar-refractivity contribution in [2.75, 3.05) is 26.3 Å². The Morgan fingerprint density at radius 3 is 2.82 bits per heavy atom. The molecule has 126 valence electrons. The molecule has 0 aromatic carbocycles. The van der Waals surface area contributed by atoms with Crippen LogP contribution in [0.5, 0.6) is 0 Å². The molecule has 1 aliphatic heterocycles. The van der Waals surface area contributed by atoms with Crippen LogP contribution in [-0.2, 0) is 17.8 Å². The maximum atomic E-state index is 9.14. The van der Waals surface area contributed by atoms with E-state index in [0.717, 1.165) is 38.4 Å². The number of hydrogen-bond acceptors (Lipinski definition) is 4. The topological polar surface area (TPSA) is 50.5 Å². The van der Waals surface area contributed by atoms with Crippen molar-refractivity contribution in [1.29, 1.82) is 0 Å². The smallest absolute Gasteiger partial charge is 0.0702 e. The summed E-state index contributed by atoms with van der Waals surface area (Å²) in [4.78, 5) is 2.50. The van der Waals surface area contributed by atoms with Crippen molar-refractivity contribution in [3.05, 3.63) is 17.0 Å². The van der Waals surface area contributed by atoms with Crippen molar-refractivity contribution in [1.82, 2.24) is 14.7 Å². The van der Waals surface area contributed by atoms with Crippen LogP contribution in [0, 0.1) is 13.8 Å². The van der Waals surface area contributed by atoms with Crippen LogP contribution in [-0.4, -0.2) is 52.2 Å². The molecule has 1 aromatic rings. The Kier molecular flexibility index (Phi) is 6.86. The molecule has 22 heavy (non-hydrogen) atoms. The number of aromatic nitrogens is 2. The summed E-state index contributed by atoms with van der Waals surface area (Å²) in [6.07, 6.45) is 5.21. The minimum Gasteiger partial charge on any atom is -0.394 e. The Morgan fingerprint density at radius 2 is 2.18 bits per heavy atom. The Labute approximate surface area is 134 Å². The summed E-state index contributed by atoms with van der Waals surface area (Å²) in [5.74, 6) is 0. The van der Waals surface area contributed by atoms with Gasteiger partial charge in [0.25, 0.3) is 0 Å². The van der Waals surface area contributed by atoms with Crippen molar-refractivity contribution in [2.45, 2.75) is 65.6 Å². The molecule has 0 aliphatic carbocycles. The van der Waals surface area contributed by atoms with E-state index in [1.807, 2.05) is 4.68 Å². The summed E-state index contributed by atoms with van der Waals surface area (Å²) in [7, 11) is 0. The fraction of sp³-hybridized carbons (Fsp3) is 0.824. The second-order valence-electron chi connectivity index (χ2n) is 6.32. The number of aliphatic hydroxyl groups is 1. The monoisotopic (exact) mass is 309 g/mol. The maximum Gasteiger partial charge on any atom is 0.0702 e. The van der Waals surface area contributed by atoms with Crippen molar-refractivity contribution >= 4 is 0 Å². The van der Waals surface area contributed by atoms with E-state index in [1.54, 1.807) is 0 Å².